The van der Waals surface area contributed by atoms with Crippen molar-refractivity contribution in [2.75, 3.05) is 27.4 Å². The van der Waals surface area contributed by atoms with Crippen molar-refractivity contribution in [3.05, 3.63) is 71.8 Å². The Hall–Kier alpha value is -2.89. The van der Waals surface area contributed by atoms with E-state index in [0.717, 1.165) is 11.1 Å². The lowest BCUT2D eigenvalue weighted by atomic mass is 10.0. The Labute approximate surface area is 202 Å². The SMILES string of the molecule is C#C.CC.COC1(OC)CO[C@@H]2C(OCc3ccccc3)CN(C(=O)OCc3ccccc3)[C@@H]21. The second-order valence-electron chi connectivity index (χ2n) is 7.47. The van der Waals surface area contributed by atoms with E-state index in [1.807, 2.05) is 74.5 Å². The minimum absolute atomic E-state index is 0.191. The zero-order chi connectivity index (χ0) is 25.0. The summed E-state index contributed by atoms with van der Waals surface area (Å²) in [5.41, 5.74) is 1.98. The molecule has 34 heavy (non-hydrogen) atoms. The Bertz CT molecular complexity index is 868. The van der Waals surface area contributed by atoms with Crippen molar-refractivity contribution in [2.45, 2.75) is 51.1 Å². The number of nitrogens with zero attached hydrogens (tertiary/aromatic N) is 1. The summed E-state index contributed by atoms with van der Waals surface area (Å²) in [6.45, 7) is 5.17. The molecule has 0 bridgehead atoms. The van der Waals surface area contributed by atoms with Crippen molar-refractivity contribution in [3.63, 3.8) is 0 Å². The molecule has 2 heterocycles. The van der Waals surface area contributed by atoms with Gasteiger partial charge in [-0.1, -0.05) is 74.5 Å². The number of fused-ring (bicyclic) bond motifs is 1. The number of likely N-dealkylation sites (tertiary alicyclic amines) is 1. The van der Waals surface area contributed by atoms with Gasteiger partial charge in [-0.3, -0.25) is 4.90 Å². The normalized spacial score (nSPS) is 21.9. The van der Waals surface area contributed by atoms with Gasteiger partial charge in [0.05, 0.1) is 13.2 Å². The highest BCUT2D eigenvalue weighted by molar-refractivity contribution is 5.69. The van der Waals surface area contributed by atoms with Gasteiger partial charge in [0.15, 0.2) is 0 Å². The van der Waals surface area contributed by atoms with Crippen molar-refractivity contribution in [1.82, 2.24) is 4.90 Å². The lowest BCUT2D eigenvalue weighted by Crippen LogP contribution is -2.55. The molecular formula is C27H35NO6. The van der Waals surface area contributed by atoms with Gasteiger partial charge in [0.25, 0.3) is 0 Å². The molecule has 2 aromatic rings. The van der Waals surface area contributed by atoms with Crippen LogP contribution in [0.1, 0.15) is 25.0 Å². The van der Waals surface area contributed by atoms with Crippen LogP contribution in [0.25, 0.3) is 0 Å². The van der Waals surface area contributed by atoms with Crippen LogP contribution in [-0.4, -0.2) is 62.4 Å². The molecule has 184 valence electrons. The third-order valence-corrected chi connectivity index (χ3v) is 5.76. The Morgan fingerprint density at radius 1 is 0.971 bits per heavy atom. The van der Waals surface area contributed by atoms with Gasteiger partial charge in [-0.25, -0.2) is 4.79 Å². The van der Waals surface area contributed by atoms with E-state index in [1.165, 1.54) is 0 Å². The number of amides is 1. The molecule has 3 atom stereocenters. The number of terminal acetylenes is 1. The topological polar surface area (TPSA) is 66.5 Å². The first-order valence-electron chi connectivity index (χ1n) is 11.3. The van der Waals surface area contributed by atoms with Gasteiger partial charge >= 0.3 is 6.09 Å². The largest absolute Gasteiger partial charge is 0.445 e. The monoisotopic (exact) mass is 469 g/mol. The van der Waals surface area contributed by atoms with Crippen LogP contribution in [0.5, 0.6) is 0 Å². The fourth-order valence-corrected chi connectivity index (χ4v) is 4.13. The van der Waals surface area contributed by atoms with E-state index < -0.39 is 17.9 Å². The highest BCUT2D eigenvalue weighted by Gasteiger charge is 2.62. The summed E-state index contributed by atoms with van der Waals surface area (Å²) in [4.78, 5) is 14.6. The maximum absolute atomic E-state index is 13.0. The number of rotatable bonds is 7. The maximum atomic E-state index is 13.0. The highest BCUT2D eigenvalue weighted by Crippen LogP contribution is 2.40. The van der Waals surface area contributed by atoms with Crippen LogP contribution >= 0.6 is 0 Å². The van der Waals surface area contributed by atoms with Crippen LogP contribution in [-0.2, 0) is 36.9 Å². The quantitative estimate of drug-likeness (QED) is 0.446. The predicted octanol–water partition coefficient (Wildman–Crippen LogP) is 4.26. The first kappa shape index (κ1) is 27.4. The molecule has 0 aromatic heterocycles. The third kappa shape index (κ3) is 6.16. The minimum atomic E-state index is -1.05. The van der Waals surface area contributed by atoms with Crippen molar-refractivity contribution in [3.8, 4) is 12.8 Å². The smallest absolute Gasteiger partial charge is 0.410 e. The zero-order valence-corrected chi connectivity index (χ0v) is 20.4. The van der Waals surface area contributed by atoms with E-state index in [0.29, 0.717) is 13.2 Å². The Morgan fingerprint density at radius 3 is 2.03 bits per heavy atom. The zero-order valence-electron chi connectivity index (χ0n) is 20.4. The van der Waals surface area contributed by atoms with Gasteiger partial charge < -0.3 is 23.7 Å². The van der Waals surface area contributed by atoms with Gasteiger partial charge in [-0.05, 0) is 11.1 Å². The van der Waals surface area contributed by atoms with E-state index in [1.54, 1.807) is 19.1 Å². The standard InChI is InChI=1S/C23H27NO6.C2H6.C2H2/c1-26-23(27-2)16-30-20-19(28-14-17-9-5-3-6-10-17)13-24(21(20)23)22(25)29-15-18-11-7-4-8-12-18;2*1-2/h3-12,19-21H,13-16H2,1-2H3;1-2H3;1-2H/t19?,20-,21+;;/m1../s1. The molecule has 2 aromatic carbocycles. The molecule has 0 N–H and O–H groups in total. The first-order chi connectivity index (χ1) is 16.7. The summed E-state index contributed by atoms with van der Waals surface area (Å²) in [6, 6.07) is 19.0. The van der Waals surface area contributed by atoms with Crippen molar-refractivity contribution in [1.29, 1.82) is 0 Å². The number of carbonyl (C=O) groups is 1. The number of hydrogen-bond acceptors (Lipinski definition) is 6. The van der Waals surface area contributed by atoms with E-state index >= 15 is 0 Å². The molecule has 0 radical (unpaired) electrons. The molecule has 0 saturated carbocycles. The molecule has 2 fully saturated rings. The van der Waals surface area contributed by atoms with E-state index in [4.69, 9.17) is 23.7 Å². The second-order valence-corrected chi connectivity index (χ2v) is 7.47. The third-order valence-electron chi connectivity index (χ3n) is 5.76. The molecule has 7 heteroatoms. The molecule has 2 saturated heterocycles. The van der Waals surface area contributed by atoms with E-state index in [-0.39, 0.29) is 25.4 Å². The summed E-state index contributed by atoms with van der Waals surface area (Å²) < 4.78 is 29.0. The number of benzene rings is 2. The summed E-state index contributed by atoms with van der Waals surface area (Å²) in [5.74, 6) is -1.05. The molecule has 0 aliphatic carbocycles. The molecule has 0 spiro atoms. The molecule has 1 unspecified atom stereocenters. The predicted molar refractivity (Wildman–Crippen MR) is 130 cm³/mol. The number of methoxy groups -OCH3 is 2. The first-order valence-corrected chi connectivity index (χ1v) is 11.3. The van der Waals surface area contributed by atoms with Crippen LogP contribution in [0, 0.1) is 12.8 Å². The Balaban J connectivity index is 0.000000970. The van der Waals surface area contributed by atoms with Crippen molar-refractivity contribution >= 4 is 6.09 Å². The van der Waals surface area contributed by atoms with Gasteiger partial charge in [0.1, 0.15) is 31.5 Å². The van der Waals surface area contributed by atoms with Crippen LogP contribution in [0.15, 0.2) is 60.7 Å². The summed E-state index contributed by atoms with van der Waals surface area (Å²) in [7, 11) is 3.11. The number of ether oxygens (including phenoxy) is 5. The van der Waals surface area contributed by atoms with Crippen molar-refractivity contribution < 1.29 is 28.5 Å². The number of carbonyl (C=O) groups excluding carboxylic acids is 1. The average molecular weight is 470 g/mol. The molecule has 2 aliphatic heterocycles. The molecule has 4 rings (SSSR count). The lowest BCUT2D eigenvalue weighted by molar-refractivity contribution is -0.224. The minimum Gasteiger partial charge on any atom is -0.445 e. The summed E-state index contributed by atoms with van der Waals surface area (Å²) >= 11 is 0. The van der Waals surface area contributed by atoms with Crippen LogP contribution in [0.3, 0.4) is 0 Å². The van der Waals surface area contributed by atoms with Crippen LogP contribution in [0.4, 0.5) is 4.79 Å². The Morgan fingerprint density at radius 2 is 1.50 bits per heavy atom. The van der Waals surface area contributed by atoms with Gasteiger partial charge in [0, 0.05) is 14.2 Å². The van der Waals surface area contributed by atoms with Gasteiger partial charge in [-0.2, -0.15) is 0 Å². The maximum Gasteiger partial charge on any atom is 0.410 e. The molecular weight excluding hydrogens is 434 g/mol. The Kier molecular flexibility index (Phi) is 11.0. The van der Waals surface area contributed by atoms with Gasteiger partial charge in [0.2, 0.25) is 5.79 Å². The fraction of sp³-hybridized carbons (Fsp3) is 0.444. The molecule has 7 nitrogen and oxygen atoms in total. The highest BCUT2D eigenvalue weighted by atomic mass is 16.7. The van der Waals surface area contributed by atoms with Gasteiger partial charge in [-0.15, -0.1) is 12.8 Å². The second kappa shape index (κ2) is 13.7. The van der Waals surface area contributed by atoms with Crippen molar-refractivity contribution in [2.24, 2.45) is 0 Å². The fourth-order valence-electron chi connectivity index (χ4n) is 4.13. The lowest BCUT2D eigenvalue weighted by Gasteiger charge is -2.35. The molecule has 1 amide bonds. The molecule has 2 aliphatic rings. The van der Waals surface area contributed by atoms with E-state index in [2.05, 4.69) is 12.8 Å². The van der Waals surface area contributed by atoms with Crippen LogP contribution in [0.2, 0.25) is 0 Å². The average Bonchev–Trinajstić information content (AvgIpc) is 3.48. The van der Waals surface area contributed by atoms with E-state index in [9.17, 15) is 4.79 Å². The number of hydrogen-bond donors (Lipinski definition) is 0. The van der Waals surface area contributed by atoms with Crippen LogP contribution < -0.4 is 0 Å². The summed E-state index contributed by atoms with van der Waals surface area (Å²) in [5, 5.41) is 0. The summed E-state index contributed by atoms with van der Waals surface area (Å²) in [6.07, 6.45) is 6.88.